The van der Waals surface area contributed by atoms with E-state index in [0.29, 0.717) is 68.0 Å². The van der Waals surface area contributed by atoms with Gasteiger partial charge >= 0.3 is 0 Å². The van der Waals surface area contributed by atoms with Crippen LogP contribution in [0.4, 0.5) is 23.4 Å². The fraction of sp³-hybridized carbons (Fsp3) is 0.520. The normalized spacial score (nSPS) is 18.6. The predicted molar refractivity (Wildman–Crippen MR) is 141 cm³/mol. The van der Waals surface area contributed by atoms with E-state index in [0.717, 1.165) is 6.04 Å². The number of sulfone groups is 1. The molecule has 2 heterocycles. The first-order chi connectivity index (χ1) is 18.2. The zero-order valence-electron chi connectivity index (χ0n) is 22.2. The average molecular weight is 589 g/mol. The Hall–Kier alpha value is -2.71. The zero-order chi connectivity index (χ0) is 28.7. The lowest BCUT2D eigenvalue weighted by molar-refractivity contribution is 0.0898. The lowest BCUT2D eigenvalue weighted by atomic mass is 9.86. The van der Waals surface area contributed by atoms with Crippen LogP contribution in [-0.2, 0) is 21.3 Å². The van der Waals surface area contributed by atoms with E-state index in [1.807, 2.05) is 16.8 Å². The Kier molecular flexibility index (Phi) is 8.29. The number of fused-ring (bicyclic) bond motifs is 1. The van der Waals surface area contributed by atoms with Crippen molar-refractivity contribution < 1.29 is 35.5 Å². The second-order valence-electron chi connectivity index (χ2n) is 11.1. The standard InChI is InChI=1S/C25H32F4N4O4SSi/c1-38(34,35)22-19(28)17(26)21(18(27)20(22)29)37-15-7-5-14(6-8-15)24-31-23(30)16-9-10-33(25(16)32-24)13-36-11-12-39(2,3)4/h9-10,14-15H,5-8,11-13H2,1-4H3,(H2,30,31,32). The van der Waals surface area contributed by atoms with Crippen LogP contribution in [0.1, 0.15) is 37.4 Å². The smallest absolute Gasteiger partial charge is 0.205 e. The quantitative estimate of drug-likeness (QED) is 0.154. The Morgan fingerprint density at radius 2 is 1.64 bits per heavy atom. The minimum Gasteiger partial charge on any atom is -0.484 e. The van der Waals surface area contributed by atoms with E-state index in [-0.39, 0.29) is 5.92 Å². The van der Waals surface area contributed by atoms with Crippen LogP contribution >= 0.6 is 0 Å². The highest BCUT2D eigenvalue weighted by Crippen LogP contribution is 2.38. The first-order valence-corrected chi connectivity index (χ1v) is 18.2. The molecule has 0 aliphatic heterocycles. The van der Waals surface area contributed by atoms with Crippen LogP contribution in [0.15, 0.2) is 17.2 Å². The van der Waals surface area contributed by atoms with Crippen molar-refractivity contribution in [2.75, 3.05) is 18.6 Å². The van der Waals surface area contributed by atoms with Gasteiger partial charge < -0.3 is 19.8 Å². The molecule has 2 N–H and O–H groups in total. The number of rotatable bonds is 9. The minimum atomic E-state index is -4.55. The van der Waals surface area contributed by atoms with Crippen LogP contribution in [0.25, 0.3) is 11.0 Å². The summed E-state index contributed by atoms with van der Waals surface area (Å²) < 4.78 is 93.7. The van der Waals surface area contributed by atoms with Gasteiger partial charge in [0.25, 0.3) is 0 Å². The molecule has 0 atom stereocenters. The van der Waals surface area contributed by atoms with Gasteiger partial charge in [-0.25, -0.2) is 27.2 Å². The Labute approximate surface area is 225 Å². The van der Waals surface area contributed by atoms with E-state index in [4.69, 9.17) is 20.2 Å². The summed E-state index contributed by atoms with van der Waals surface area (Å²) >= 11 is 0. The van der Waals surface area contributed by atoms with Crippen molar-refractivity contribution in [1.82, 2.24) is 14.5 Å². The number of hydrogen-bond acceptors (Lipinski definition) is 7. The summed E-state index contributed by atoms with van der Waals surface area (Å²) in [6.45, 7) is 7.81. The first kappa shape index (κ1) is 29.3. The first-order valence-electron chi connectivity index (χ1n) is 12.6. The maximum Gasteiger partial charge on any atom is 0.205 e. The summed E-state index contributed by atoms with van der Waals surface area (Å²) in [5.74, 6) is -8.33. The second kappa shape index (κ2) is 11.0. The van der Waals surface area contributed by atoms with Gasteiger partial charge in [-0.15, -0.1) is 0 Å². The van der Waals surface area contributed by atoms with E-state index in [9.17, 15) is 26.0 Å². The molecule has 3 aromatic rings. The Balaban J connectivity index is 1.46. The molecule has 1 aliphatic rings. The number of nitrogens with zero attached hydrogens (tertiary/aromatic N) is 3. The number of ether oxygens (including phenoxy) is 2. The molecular formula is C25H32F4N4O4SSi. The van der Waals surface area contributed by atoms with E-state index >= 15 is 0 Å². The van der Waals surface area contributed by atoms with Gasteiger partial charge in [-0.05, 0) is 37.8 Å². The van der Waals surface area contributed by atoms with Crippen LogP contribution in [0.3, 0.4) is 0 Å². The molecule has 0 unspecified atom stereocenters. The van der Waals surface area contributed by atoms with E-state index in [1.54, 1.807) is 0 Å². The number of aromatic nitrogens is 3. The third kappa shape index (κ3) is 6.38. The molecule has 0 bridgehead atoms. The van der Waals surface area contributed by atoms with Gasteiger partial charge in [0, 0.05) is 33.1 Å². The zero-order valence-corrected chi connectivity index (χ0v) is 24.0. The number of benzene rings is 1. The van der Waals surface area contributed by atoms with Crippen LogP contribution in [-0.4, -0.2) is 50.0 Å². The molecule has 1 fully saturated rings. The molecule has 2 aromatic heterocycles. The van der Waals surface area contributed by atoms with Gasteiger partial charge in [-0.2, -0.15) is 8.78 Å². The maximum atomic E-state index is 14.5. The third-order valence-electron chi connectivity index (χ3n) is 6.77. The molecule has 1 aromatic carbocycles. The molecule has 214 valence electrons. The molecule has 14 heteroatoms. The van der Waals surface area contributed by atoms with Crippen molar-refractivity contribution in [3.05, 3.63) is 41.4 Å². The SMILES string of the molecule is C[Si](C)(C)CCOCn1ccc2c(N)nc(C3CCC(Oc4c(F)c(F)c(S(C)(=O)=O)c(F)c4F)CC3)nc21. The highest BCUT2D eigenvalue weighted by atomic mass is 32.2. The van der Waals surface area contributed by atoms with Crippen molar-refractivity contribution in [3.8, 4) is 5.75 Å². The van der Waals surface area contributed by atoms with Gasteiger partial charge in [0.05, 0.1) is 11.5 Å². The second-order valence-corrected chi connectivity index (χ2v) is 18.7. The Bertz CT molecular complexity index is 1460. The summed E-state index contributed by atoms with van der Waals surface area (Å²) in [5, 5.41) is 0.706. The molecular weight excluding hydrogens is 556 g/mol. The predicted octanol–water partition coefficient (Wildman–Crippen LogP) is 5.39. The van der Waals surface area contributed by atoms with Crippen molar-refractivity contribution >= 4 is 34.8 Å². The molecule has 1 saturated carbocycles. The summed E-state index contributed by atoms with van der Waals surface area (Å²) in [4.78, 5) is 7.52. The number of hydrogen-bond donors (Lipinski definition) is 1. The molecule has 0 spiro atoms. The fourth-order valence-electron chi connectivity index (χ4n) is 4.56. The number of nitrogen functional groups attached to an aromatic ring is 1. The average Bonchev–Trinajstić information content (AvgIpc) is 3.26. The lowest BCUT2D eigenvalue weighted by Gasteiger charge is -2.28. The van der Waals surface area contributed by atoms with Crippen molar-refractivity contribution in [1.29, 1.82) is 0 Å². The molecule has 39 heavy (non-hydrogen) atoms. The Morgan fingerprint density at radius 3 is 2.21 bits per heavy atom. The summed E-state index contributed by atoms with van der Waals surface area (Å²) in [6, 6.07) is 2.87. The molecule has 0 saturated heterocycles. The van der Waals surface area contributed by atoms with Crippen molar-refractivity contribution in [2.24, 2.45) is 0 Å². The van der Waals surface area contributed by atoms with Crippen LogP contribution in [0.5, 0.6) is 5.75 Å². The maximum absolute atomic E-state index is 14.5. The number of halogens is 4. The van der Waals surface area contributed by atoms with Gasteiger partial charge in [0.2, 0.25) is 11.6 Å². The highest BCUT2D eigenvalue weighted by Gasteiger charge is 2.34. The molecule has 1 aliphatic carbocycles. The van der Waals surface area contributed by atoms with Gasteiger partial charge in [-0.3, -0.25) is 0 Å². The van der Waals surface area contributed by atoms with Crippen LogP contribution in [0, 0.1) is 23.3 Å². The molecule has 0 radical (unpaired) electrons. The van der Waals surface area contributed by atoms with Crippen molar-refractivity contribution in [2.45, 2.75) is 75.0 Å². The molecule has 8 nitrogen and oxygen atoms in total. The van der Waals surface area contributed by atoms with Crippen LogP contribution in [0.2, 0.25) is 25.7 Å². The summed E-state index contributed by atoms with van der Waals surface area (Å²) in [7, 11) is -5.76. The Morgan fingerprint density at radius 1 is 1.03 bits per heavy atom. The lowest BCUT2D eigenvalue weighted by Crippen LogP contribution is -2.26. The fourth-order valence-corrected chi connectivity index (χ4v) is 6.15. The van der Waals surface area contributed by atoms with E-state index in [2.05, 4.69) is 24.6 Å². The molecule has 4 rings (SSSR count). The van der Waals surface area contributed by atoms with Crippen LogP contribution < -0.4 is 10.5 Å². The topological polar surface area (TPSA) is 109 Å². The minimum absolute atomic E-state index is 0.122. The summed E-state index contributed by atoms with van der Waals surface area (Å²) in [6.07, 6.45) is 3.08. The van der Waals surface area contributed by atoms with E-state index < -0.39 is 57.9 Å². The molecule has 0 amide bonds. The number of nitrogens with two attached hydrogens (primary N) is 1. The van der Waals surface area contributed by atoms with Gasteiger partial charge in [0.15, 0.2) is 27.2 Å². The number of anilines is 1. The van der Waals surface area contributed by atoms with Crippen molar-refractivity contribution in [3.63, 3.8) is 0 Å². The monoisotopic (exact) mass is 588 g/mol. The van der Waals surface area contributed by atoms with E-state index in [1.165, 1.54) is 0 Å². The third-order valence-corrected chi connectivity index (χ3v) is 9.57. The summed E-state index contributed by atoms with van der Waals surface area (Å²) in [5.41, 5.74) is 6.84. The highest BCUT2D eigenvalue weighted by molar-refractivity contribution is 7.90. The largest absolute Gasteiger partial charge is 0.484 e. The van der Waals surface area contributed by atoms with Gasteiger partial charge in [-0.1, -0.05) is 19.6 Å². The van der Waals surface area contributed by atoms with Gasteiger partial charge in [0.1, 0.15) is 28.9 Å².